The molecule has 0 unspecified atom stereocenters. The highest BCUT2D eigenvalue weighted by Crippen LogP contribution is 2.39. The molecule has 1 saturated heterocycles. The van der Waals surface area contributed by atoms with Gasteiger partial charge in [-0.2, -0.15) is 0 Å². The number of aromatic hydroxyl groups is 2. The molecule has 6 N–H and O–H groups in total. The SMILES string of the molecule is COc1cc(CC=C(C)C)c(O)c2c(=O)c3cc(O[C@@H]4O[C@H](CO)[C@@H](O)[C@H](O)[C@H]4O)cc(O)c3oc12. The minimum Gasteiger partial charge on any atom is -0.507 e. The van der Waals surface area contributed by atoms with Crippen molar-refractivity contribution in [3.05, 3.63) is 45.6 Å². The van der Waals surface area contributed by atoms with Gasteiger partial charge in [-0.15, -0.1) is 0 Å². The van der Waals surface area contributed by atoms with Crippen molar-refractivity contribution in [1.82, 2.24) is 0 Å². The average molecular weight is 504 g/mol. The number of benzene rings is 2. The molecule has 36 heavy (non-hydrogen) atoms. The minimum atomic E-state index is -1.69. The number of hydrogen-bond donors (Lipinski definition) is 6. The van der Waals surface area contributed by atoms with Crippen LogP contribution in [0.3, 0.4) is 0 Å². The van der Waals surface area contributed by atoms with Crippen LogP contribution in [0.2, 0.25) is 0 Å². The first-order valence-corrected chi connectivity index (χ1v) is 11.2. The second kappa shape index (κ2) is 9.96. The average Bonchev–Trinajstić information content (AvgIpc) is 2.84. The third-order valence-electron chi connectivity index (χ3n) is 6.07. The van der Waals surface area contributed by atoms with Gasteiger partial charge in [-0.25, -0.2) is 0 Å². The highest BCUT2D eigenvalue weighted by Gasteiger charge is 2.44. The van der Waals surface area contributed by atoms with E-state index in [2.05, 4.69) is 0 Å². The molecule has 0 radical (unpaired) electrons. The molecule has 0 bridgehead atoms. The topological polar surface area (TPSA) is 179 Å². The van der Waals surface area contributed by atoms with Gasteiger partial charge in [-0.3, -0.25) is 4.79 Å². The maximum Gasteiger partial charge on any atom is 0.229 e. The van der Waals surface area contributed by atoms with Crippen LogP contribution < -0.4 is 14.9 Å². The first-order valence-electron chi connectivity index (χ1n) is 11.2. The minimum absolute atomic E-state index is 0.0497. The van der Waals surface area contributed by atoms with Gasteiger partial charge in [0.05, 0.1) is 19.1 Å². The molecule has 0 spiro atoms. The zero-order chi connectivity index (χ0) is 26.3. The molecule has 3 aromatic rings. The van der Waals surface area contributed by atoms with Gasteiger partial charge in [0.2, 0.25) is 11.7 Å². The van der Waals surface area contributed by atoms with Crippen molar-refractivity contribution in [1.29, 1.82) is 0 Å². The number of phenols is 2. The largest absolute Gasteiger partial charge is 0.507 e. The van der Waals surface area contributed by atoms with Crippen molar-refractivity contribution in [3.8, 4) is 23.0 Å². The van der Waals surface area contributed by atoms with Crippen LogP contribution in [0.15, 0.2) is 39.1 Å². The molecule has 2 heterocycles. The fourth-order valence-electron chi connectivity index (χ4n) is 4.08. The van der Waals surface area contributed by atoms with Crippen LogP contribution in [0.25, 0.3) is 21.9 Å². The molecule has 5 atom stereocenters. The molecule has 194 valence electrons. The predicted molar refractivity (Wildman–Crippen MR) is 127 cm³/mol. The van der Waals surface area contributed by atoms with E-state index < -0.39 is 48.5 Å². The van der Waals surface area contributed by atoms with Crippen molar-refractivity contribution < 1.29 is 49.3 Å². The molecule has 11 nitrogen and oxygen atoms in total. The molecule has 11 heteroatoms. The van der Waals surface area contributed by atoms with E-state index in [4.69, 9.17) is 18.6 Å². The van der Waals surface area contributed by atoms with Crippen LogP contribution in [0.4, 0.5) is 0 Å². The zero-order valence-corrected chi connectivity index (χ0v) is 19.8. The number of aliphatic hydroxyl groups is 4. The van der Waals surface area contributed by atoms with Gasteiger partial charge < -0.3 is 49.3 Å². The van der Waals surface area contributed by atoms with Crippen molar-refractivity contribution in [2.24, 2.45) is 0 Å². The number of ether oxygens (including phenoxy) is 3. The predicted octanol–water partition coefficient (Wildman–Crippen LogP) is 1.05. The Bertz CT molecular complexity index is 1370. The van der Waals surface area contributed by atoms with Crippen molar-refractivity contribution >= 4 is 21.9 Å². The van der Waals surface area contributed by atoms with Gasteiger partial charge in [0.15, 0.2) is 22.7 Å². The lowest BCUT2D eigenvalue weighted by Gasteiger charge is -2.39. The van der Waals surface area contributed by atoms with E-state index >= 15 is 0 Å². The van der Waals surface area contributed by atoms with Crippen molar-refractivity contribution in [2.75, 3.05) is 13.7 Å². The fourth-order valence-corrected chi connectivity index (χ4v) is 4.08. The van der Waals surface area contributed by atoms with E-state index in [1.54, 1.807) is 6.07 Å². The summed E-state index contributed by atoms with van der Waals surface area (Å²) in [6.45, 7) is 3.15. The number of aliphatic hydroxyl groups excluding tert-OH is 4. The number of hydrogen-bond acceptors (Lipinski definition) is 11. The Morgan fingerprint density at radius 1 is 1.06 bits per heavy atom. The monoisotopic (exact) mass is 504 g/mol. The van der Waals surface area contributed by atoms with Gasteiger partial charge in [0.1, 0.15) is 41.3 Å². The molecular weight excluding hydrogens is 476 g/mol. The van der Waals surface area contributed by atoms with Crippen LogP contribution in [-0.4, -0.2) is 75.1 Å². The van der Waals surface area contributed by atoms with Crippen LogP contribution in [0.5, 0.6) is 23.0 Å². The molecule has 4 rings (SSSR count). The lowest BCUT2D eigenvalue weighted by atomic mass is 9.99. The number of fused-ring (bicyclic) bond motifs is 2. The summed E-state index contributed by atoms with van der Waals surface area (Å²) in [7, 11) is 1.39. The lowest BCUT2D eigenvalue weighted by Crippen LogP contribution is -2.60. The van der Waals surface area contributed by atoms with Gasteiger partial charge in [0.25, 0.3) is 0 Å². The summed E-state index contributed by atoms with van der Waals surface area (Å²) in [5, 5.41) is 60.7. The van der Waals surface area contributed by atoms with Crippen molar-refractivity contribution in [2.45, 2.75) is 51.0 Å². The molecule has 0 saturated carbocycles. The molecule has 0 amide bonds. The third-order valence-corrected chi connectivity index (χ3v) is 6.07. The fraction of sp³-hybridized carbons (Fsp3) is 0.400. The summed E-state index contributed by atoms with van der Waals surface area (Å²) in [6, 6.07) is 3.88. The summed E-state index contributed by atoms with van der Waals surface area (Å²) < 4.78 is 22.0. The third kappa shape index (κ3) is 4.47. The number of phenolic OH excluding ortho intramolecular Hbond substituents is 2. The lowest BCUT2D eigenvalue weighted by molar-refractivity contribution is -0.277. The number of methoxy groups -OCH3 is 1. The Labute approximate surface area is 205 Å². The van der Waals surface area contributed by atoms with Gasteiger partial charge in [-0.1, -0.05) is 11.6 Å². The normalized spacial score (nSPS) is 24.1. The zero-order valence-electron chi connectivity index (χ0n) is 19.8. The summed E-state index contributed by atoms with van der Waals surface area (Å²) >= 11 is 0. The summed E-state index contributed by atoms with van der Waals surface area (Å²) in [5.41, 5.74) is 0.537. The molecule has 1 aliphatic rings. The highest BCUT2D eigenvalue weighted by atomic mass is 16.7. The maximum atomic E-state index is 13.5. The summed E-state index contributed by atoms with van der Waals surface area (Å²) in [4.78, 5) is 13.5. The maximum absolute atomic E-state index is 13.5. The number of allylic oxidation sites excluding steroid dienone is 2. The van der Waals surface area contributed by atoms with Gasteiger partial charge in [0, 0.05) is 11.6 Å². The van der Waals surface area contributed by atoms with Crippen LogP contribution in [-0.2, 0) is 11.2 Å². The highest BCUT2D eigenvalue weighted by molar-refractivity contribution is 5.98. The molecule has 2 aromatic carbocycles. The Hall–Kier alpha value is -3.35. The van der Waals surface area contributed by atoms with E-state index in [1.807, 2.05) is 19.9 Å². The molecule has 1 fully saturated rings. The Morgan fingerprint density at radius 2 is 1.78 bits per heavy atom. The smallest absolute Gasteiger partial charge is 0.229 e. The molecule has 0 aliphatic carbocycles. The van der Waals surface area contributed by atoms with E-state index in [-0.39, 0.29) is 39.2 Å². The Balaban J connectivity index is 1.84. The first kappa shape index (κ1) is 25.7. The van der Waals surface area contributed by atoms with E-state index in [0.29, 0.717) is 12.0 Å². The quantitative estimate of drug-likeness (QED) is 0.209. The van der Waals surface area contributed by atoms with Crippen LogP contribution in [0.1, 0.15) is 19.4 Å². The van der Waals surface area contributed by atoms with E-state index in [0.717, 1.165) is 11.6 Å². The molecular formula is C25H28O11. The van der Waals surface area contributed by atoms with E-state index in [1.165, 1.54) is 13.2 Å². The summed E-state index contributed by atoms with van der Waals surface area (Å²) in [6.07, 6.45) is -5.47. The van der Waals surface area contributed by atoms with Crippen molar-refractivity contribution in [3.63, 3.8) is 0 Å². The van der Waals surface area contributed by atoms with Gasteiger partial charge in [-0.05, 0) is 32.4 Å². The van der Waals surface area contributed by atoms with Crippen LogP contribution >= 0.6 is 0 Å². The Kier molecular flexibility index (Phi) is 7.12. The number of rotatable bonds is 6. The standard InChI is InChI=1S/C25H28O11/c1-10(2)4-5-11-6-15(33-3)24-17(18(11)28)19(29)13-7-12(8-14(27)23(13)36-24)34-25-22(32)21(31)20(30)16(9-26)35-25/h4,6-8,16,20-22,25-28,30-32H,5,9H2,1-3H3/t16-,20-,21+,22-,25-/m1/s1. The second-order valence-electron chi connectivity index (χ2n) is 8.84. The molecule has 1 aliphatic heterocycles. The van der Waals surface area contributed by atoms with Crippen LogP contribution in [0, 0.1) is 0 Å². The molecule has 1 aromatic heterocycles. The van der Waals surface area contributed by atoms with Gasteiger partial charge >= 0.3 is 0 Å². The first-order chi connectivity index (χ1) is 17.1. The summed E-state index contributed by atoms with van der Waals surface area (Å²) in [5.74, 6) is -0.719. The Morgan fingerprint density at radius 3 is 2.42 bits per heavy atom. The van der Waals surface area contributed by atoms with E-state index in [9.17, 15) is 35.4 Å². The second-order valence-corrected chi connectivity index (χ2v) is 8.84.